The molecule has 0 spiro atoms. The normalized spacial score (nSPS) is 19.4. The number of aromatic hydroxyl groups is 1. The molecule has 1 saturated heterocycles. The summed E-state index contributed by atoms with van der Waals surface area (Å²) in [5.41, 5.74) is 2.85. The summed E-state index contributed by atoms with van der Waals surface area (Å²) in [6, 6.07) is 24.7. The van der Waals surface area contributed by atoms with E-state index in [1.54, 1.807) is 40.9 Å². The highest BCUT2D eigenvalue weighted by molar-refractivity contribution is 8.20. The summed E-state index contributed by atoms with van der Waals surface area (Å²) in [4.78, 5) is 23.8. The molecule has 0 saturated carbocycles. The summed E-state index contributed by atoms with van der Waals surface area (Å²) in [6.07, 6.45) is 0. The Labute approximate surface area is 189 Å². The highest BCUT2D eigenvalue weighted by atomic mass is 32.2. The van der Waals surface area contributed by atoms with E-state index in [1.165, 1.54) is 11.8 Å². The van der Waals surface area contributed by atoms with Gasteiger partial charge in [-0.3, -0.25) is 14.7 Å². The number of benzene rings is 3. The molecule has 2 aliphatic heterocycles. The Hall–Kier alpha value is -3.16. The number of carbonyl (C=O) groups excluding carboxylic acids is 1. The van der Waals surface area contributed by atoms with Crippen molar-refractivity contribution in [2.75, 3.05) is 16.8 Å². The number of para-hydroxylation sites is 1. The SMILES string of the molecule is CN1C(=C2SC(=NCc3ccccc3)N(c3ccc(O)cc3)C2=O)Sc2ccccc21. The van der Waals surface area contributed by atoms with Gasteiger partial charge in [-0.2, -0.15) is 0 Å². The van der Waals surface area contributed by atoms with Gasteiger partial charge in [-0.25, -0.2) is 0 Å². The minimum Gasteiger partial charge on any atom is -0.508 e. The number of nitrogens with zero attached hydrogens (tertiary/aromatic N) is 3. The fourth-order valence-corrected chi connectivity index (χ4v) is 5.80. The summed E-state index contributed by atoms with van der Waals surface area (Å²) in [6.45, 7) is 0.483. The average molecular weight is 446 g/mol. The fraction of sp³-hybridized carbons (Fsp3) is 0.0833. The maximum Gasteiger partial charge on any atom is 0.274 e. The quantitative estimate of drug-likeness (QED) is 0.544. The number of fused-ring (bicyclic) bond motifs is 1. The summed E-state index contributed by atoms with van der Waals surface area (Å²) in [5, 5.41) is 11.2. The maximum atomic E-state index is 13.6. The zero-order valence-electron chi connectivity index (χ0n) is 16.7. The second kappa shape index (κ2) is 8.17. The number of thioether (sulfide) groups is 2. The third kappa shape index (κ3) is 3.71. The van der Waals surface area contributed by atoms with Crippen LogP contribution in [0.3, 0.4) is 0 Å². The van der Waals surface area contributed by atoms with E-state index in [1.807, 2.05) is 49.5 Å². The molecule has 1 amide bonds. The van der Waals surface area contributed by atoms with Crippen molar-refractivity contribution < 1.29 is 9.90 Å². The zero-order valence-corrected chi connectivity index (χ0v) is 18.4. The molecule has 0 unspecified atom stereocenters. The molecule has 0 aromatic heterocycles. The topological polar surface area (TPSA) is 56.1 Å². The number of amides is 1. The second-order valence-corrected chi connectivity index (χ2v) is 9.11. The molecule has 31 heavy (non-hydrogen) atoms. The van der Waals surface area contributed by atoms with Gasteiger partial charge < -0.3 is 10.0 Å². The third-order valence-corrected chi connectivity index (χ3v) is 7.49. The minimum atomic E-state index is -0.107. The molecule has 3 aromatic carbocycles. The largest absolute Gasteiger partial charge is 0.508 e. The van der Waals surface area contributed by atoms with Gasteiger partial charge in [-0.15, -0.1) is 0 Å². The Morgan fingerprint density at radius 1 is 0.903 bits per heavy atom. The minimum absolute atomic E-state index is 0.107. The average Bonchev–Trinajstić information content (AvgIpc) is 3.30. The van der Waals surface area contributed by atoms with E-state index >= 15 is 0 Å². The summed E-state index contributed by atoms with van der Waals surface area (Å²) < 4.78 is 0. The van der Waals surface area contributed by atoms with Crippen LogP contribution in [0.5, 0.6) is 5.75 Å². The number of hydrogen-bond acceptors (Lipinski definition) is 6. The summed E-state index contributed by atoms with van der Waals surface area (Å²) in [7, 11) is 1.99. The van der Waals surface area contributed by atoms with Crippen molar-refractivity contribution in [3.63, 3.8) is 0 Å². The van der Waals surface area contributed by atoms with Crippen LogP contribution in [0, 0.1) is 0 Å². The Morgan fingerprint density at radius 2 is 1.61 bits per heavy atom. The monoisotopic (exact) mass is 445 g/mol. The lowest BCUT2D eigenvalue weighted by molar-refractivity contribution is -0.113. The van der Waals surface area contributed by atoms with Gasteiger partial charge in [-0.1, -0.05) is 54.2 Å². The van der Waals surface area contributed by atoms with Gasteiger partial charge in [0.05, 0.1) is 22.9 Å². The van der Waals surface area contributed by atoms with Crippen LogP contribution in [0.1, 0.15) is 5.56 Å². The molecule has 7 heteroatoms. The Bertz CT molecular complexity index is 1210. The van der Waals surface area contributed by atoms with Crippen LogP contribution >= 0.6 is 23.5 Å². The van der Waals surface area contributed by atoms with Crippen LogP contribution < -0.4 is 9.80 Å². The first-order valence-electron chi connectivity index (χ1n) is 9.76. The van der Waals surface area contributed by atoms with Gasteiger partial charge in [-0.05, 0) is 53.7 Å². The van der Waals surface area contributed by atoms with Crippen molar-refractivity contribution in [3.05, 3.63) is 94.4 Å². The van der Waals surface area contributed by atoms with Crippen molar-refractivity contribution >= 4 is 46.0 Å². The number of phenols is 1. The van der Waals surface area contributed by atoms with Gasteiger partial charge in [0.15, 0.2) is 5.17 Å². The molecule has 5 nitrogen and oxygen atoms in total. The van der Waals surface area contributed by atoms with Crippen LogP contribution in [0.25, 0.3) is 0 Å². The number of carbonyl (C=O) groups is 1. The molecular weight excluding hydrogens is 426 g/mol. The van der Waals surface area contributed by atoms with Gasteiger partial charge in [0.25, 0.3) is 5.91 Å². The van der Waals surface area contributed by atoms with Gasteiger partial charge in [0.1, 0.15) is 10.7 Å². The first kappa shape index (κ1) is 19.8. The molecule has 0 radical (unpaired) electrons. The van der Waals surface area contributed by atoms with Gasteiger partial charge in [0, 0.05) is 11.9 Å². The first-order chi connectivity index (χ1) is 15.1. The predicted octanol–water partition coefficient (Wildman–Crippen LogP) is 5.44. The molecule has 2 aliphatic rings. The Balaban J connectivity index is 1.55. The lowest BCUT2D eigenvalue weighted by atomic mass is 10.2. The van der Waals surface area contributed by atoms with E-state index in [9.17, 15) is 9.90 Å². The van der Waals surface area contributed by atoms with Crippen LogP contribution in [0.15, 0.2) is 98.7 Å². The molecule has 0 aliphatic carbocycles. The van der Waals surface area contributed by atoms with Crippen molar-refractivity contribution in [3.8, 4) is 5.75 Å². The van der Waals surface area contributed by atoms with E-state index in [4.69, 9.17) is 4.99 Å². The summed E-state index contributed by atoms with van der Waals surface area (Å²) >= 11 is 3.00. The molecule has 1 fully saturated rings. The highest BCUT2D eigenvalue weighted by Gasteiger charge is 2.39. The fourth-order valence-electron chi connectivity index (χ4n) is 3.48. The first-order valence-corrected chi connectivity index (χ1v) is 11.4. The molecular formula is C24H19N3O2S2. The highest BCUT2D eigenvalue weighted by Crippen LogP contribution is 2.50. The molecule has 0 bridgehead atoms. The maximum absolute atomic E-state index is 13.6. The number of hydrogen-bond donors (Lipinski definition) is 1. The van der Waals surface area contributed by atoms with Crippen molar-refractivity contribution in [2.24, 2.45) is 4.99 Å². The smallest absolute Gasteiger partial charge is 0.274 e. The molecule has 1 N–H and O–H groups in total. The van der Waals surface area contributed by atoms with E-state index in [0.717, 1.165) is 21.2 Å². The number of rotatable bonds is 3. The molecule has 5 rings (SSSR count). The van der Waals surface area contributed by atoms with Crippen LogP contribution in [0.4, 0.5) is 11.4 Å². The van der Waals surface area contributed by atoms with E-state index in [0.29, 0.717) is 22.3 Å². The molecule has 0 atom stereocenters. The third-order valence-electron chi connectivity index (χ3n) is 5.06. The standard InChI is InChI=1S/C24H19N3O2S2/c1-26-19-9-5-6-10-20(19)30-23(26)21-22(29)27(17-11-13-18(28)14-12-17)24(31-21)25-15-16-7-3-2-4-8-16/h2-14,28H,15H2,1H3. The number of phenolic OH excluding ortho intramolecular Hbond substituents is 1. The lowest BCUT2D eigenvalue weighted by Gasteiger charge is -2.17. The zero-order chi connectivity index (χ0) is 21.4. The van der Waals surface area contributed by atoms with Crippen molar-refractivity contribution in [1.82, 2.24) is 0 Å². The van der Waals surface area contributed by atoms with Crippen molar-refractivity contribution in [1.29, 1.82) is 0 Å². The number of amidine groups is 1. The van der Waals surface area contributed by atoms with E-state index < -0.39 is 0 Å². The predicted molar refractivity (Wildman–Crippen MR) is 128 cm³/mol. The molecule has 154 valence electrons. The molecule has 2 heterocycles. The second-order valence-electron chi connectivity index (χ2n) is 7.11. The Morgan fingerprint density at radius 3 is 2.35 bits per heavy atom. The Kier molecular flexibility index (Phi) is 5.21. The van der Waals surface area contributed by atoms with Gasteiger partial charge in [0.2, 0.25) is 0 Å². The van der Waals surface area contributed by atoms with Crippen molar-refractivity contribution in [2.45, 2.75) is 11.4 Å². The molecule has 3 aromatic rings. The summed E-state index contributed by atoms with van der Waals surface area (Å²) in [5.74, 6) is 0.0515. The van der Waals surface area contributed by atoms with Crippen LogP contribution in [-0.4, -0.2) is 23.2 Å². The van der Waals surface area contributed by atoms with Crippen LogP contribution in [0.2, 0.25) is 0 Å². The van der Waals surface area contributed by atoms with E-state index in [-0.39, 0.29) is 11.7 Å². The van der Waals surface area contributed by atoms with Crippen LogP contribution in [-0.2, 0) is 11.3 Å². The lowest BCUT2D eigenvalue weighted by Crippen LogP contribution is -2.29. The van der Waals surface area contributed by atoms with Gasteiger partial charge >= 0.3 is 0 Å². The van der Waals surface area contributed by atoms with E-state index in [2.05, 4.69) is 17.0 Å². The number of aliphatic imine (C=N–C) groups is 1. The number of anilines is 2.